The summed E-state index contributed by atoms with van der Waals surface area (Å²) in [6, 6.07) is 0. The van der Waals surface area contributed by atoms with Crippen LogP contribution < -0.4 is 148 Å². The molecule has 0 spiro atoms. The first kappa shape index (κ1) is 65.3. The van der Waals surface area contributed by atoms with Crippen LogP contribution in [0, 0.1) is 0 Å². The third kappa shape index (κ3) is 40.2. The van der Waals surface area contributed by atoms with E-state index in [0.29, 0.717) is 0 Å². The molecule has 0 aromatic heterocycles. The summed E-state index contributed by atoms with van der Waals surface area (Å²) in [7, 11) is 0. The summed E-state index contributed by atoms with van der Waals surface area (Å²) in [4.78, 5) is 0. The second-order valence-electron chi connectivity index (χ2n) is 0. The maximum Gasteiger partial charge on any atom is 2.00 e. The van der Waals surface area contributed by atoms with Gasteiger partial charge in [-0.25, -0.2) is 0 Å². The van der Waals surface area contributed by atoms with E-state index in [9.17, 15) is 0 Å². The molecule has 0 aromatic rings. The molecule has 8 heteroatoms. The van der Waals surface area contributed by atoms with Crippen LogP contribution in [0.25, 0.3) is 0 Å². The number of hydrogen-bond acceptors (Lipinski definition) is 0. The van der Waals surface area contributed by atoms with Crippen LogP contribution in [0.3, 0.4) is 0 Å². The number of rotatable bonds is 0. The second-order valence-corrected chi connectivity index (χ2v) is 0. The van der Waals surface area contributed by atoms with E-state index in [1.54, 1.807) is 0 Å². The standard InChI is InChI=1S/Ca.4ClH.K.2Na.2H/h;4*1H;;;;;/q+2;;;;;3*+1;2*-1/p-3. The maximum absolute atomic E-state index is 0. The van der Waals surface area contributed by atoms with Crippen molar-refractivity contribution in [3.63, 3.8) is 0 Å². The Morgan fingerprint density at radius 2 is 0.750 bits per heavy atom. The third-order valence-corrected chi connectivity index (χ3v) is 0. The van der Waals surface area contributed by atoms with Crippen LogP contribution in [-0.2, 0) is 0 Å². The van der Waals surface area contributed by atoms with Gasteiger partial charge in [-0.1, -0.05) is 0 Å². The molecule has 0 nitrogen and oxygen atoms in total. The Morgan fingerprint density at radius 1 is 0.750 bits per heavy atom. The Hall–Kier alpha value is 6.06. The Bertz CT molecular complexity index is 21.2. The van der Waals surface area contributed by atoms with Crippen LogP contribution >= 0.6 is 12.4 Å². The van der Waals surface area contributed by atoms with Crippen molar-refractivity contribution in [1.82, 2.24) is 0 Å². The molecule has 8 heavy (non-hydrogen) atoms. The van der Waals surface area contributed by atoms with Gasteiger partial charge in [-0.3, -0.25) is 0 Å². The molecule has 0 saturated heterocycles. The van der Waals surface area contributed by atoms with Gasteiger partial charge in [-0.15, -0.1) is 12.4 Å². The van der Waals surface area contributed by atoms with Crippen molar-refractivity contribution in [3.8, 4) is 0 Å². The average Bonchev–Trinajstić information content (AvgIpc) is 0. The summed E-state index contributed by atoms with van der Waals surface area (Å²) in [5, 5.41) is 0. The molecule has 0 bridgehead atoms. The SMILES string of the molecule is Cl.[Ca+2].[Cl-].[Cl-].[Cl-].[H-].[H-].[K+].[Na+].[Na+]. The Labute approximate surface area is 195 Å². The van der Waals surface area contributed by atoms with Gasteiger partial charge in [0.15, 0.2) is 0 Å². The molecule has 0 atom stereocenters. The van der Waals surface area contributed by atoms with Crippen molar-refractivity contribution in [3.05, 3.63) is 0 Å². The van der Waals surface area contributed by atoms with Crippen molar-refractivity contribution in [2.45, 2.75) is 0 Å². The van der Waals surface area contributed by atoms with Crippen molar-refractivity contribution >= 4 is 50.1 Å². The molecule has 0 saturated carbocycles. The predicted octanol–water partition coefficient (Wildman–Crippen LogP) is -17.7. The van der Waals surface area contributed by atoms with Gasteiger partial charge in [0.05, 0.1) is 0 Å². The summed E-state index contributed by atoms with van der Waals surface area (Å²) in [5.41, 5.74) is 0. The fourth-order valence-corrected chi connectivity index (χ4v) is 0. The largest absolute Gasteiger partial charge is 2.00 e. The molecule has 0 fully saturated rings. The zero-order valence-electron chi connectivity index (χ0n) is 7.25. The molecule has 0 aromatic carbocycles. The van der Waals surface area contributed by atoms with E-state index in [4.69, 9.17) is 0 Å². The minimum absolute atomic E-state index is 0. The number of halogens is 4. The fourth-order valence-electron chi connectivity index (χ4n) is 0. The smallest absolute Gasteiger partial charge is 1.00 e. The van der Waals surface area contributed by atoms with Crippen LogP contribution in [-0.4, -0.2) is 37.7 Å². The van der Waals surface area contributed by atoms with Gasteiger partial charge < -0.3 is 40.1 Å². The molecule has 0 aliphatic rings. The first-order valence-corrected chi connectivity index (χ1v) is 0. The third-order valence-electron chi connectivity index (χ3n) is 0. The van der Waals surface area contributed by atoms with Gasteiger partial charge in [0.25, 0.3) is 0 Å². The molecule has 0 unspecified atom stereocenters. The average molecular weight is 270 g/mol. The summed E-state index contributed by atoms with van der Waals surface area (Å²) in [5.74, 6) is 0. The van der Waals surface area contributed by atoms with Crippen LogP contribution in [0.4, 0.5) is 0 Å². The van der Waals surface area contributed by atoms with Crippen molar-refractivity contribution < 1.29 is 151 Å². The van der Waals surface area contributed by atoms with E-state index in [1.165, 1.54) is 0 Å². The van der Waals surface area contributed by atoms with Gasteiger partial charge in [-0.2, -0.15) is 0 Å². The molecule has 0 rings (SSSR count). The number of hydrogen-bond donors (Lipinski definition) is 0. The molecule has 0 N–H and O–H groups in total. The summed E-state index contributed by atoms with van der Waals surface area (Å²) in [6.07, 6.45) is 0. The van der Waals surface area contributed by atoms with Crippen molar-refractivity contribution in [2.75, 3.05) is 0 Å². The minimum Gasteiger partial charge on any atom is -1.00 e. The molecular formula is H3CaCl4KNa2. The van der Waals surface area contributed by atoms with Gasteiger partial charge in [0.1, 0.15) is 0 Å². The Morgan fingerprint density at radius 3 is 0.750 bits per heavy atom. The quantitative estimate of drug-likeness (QED) is 0.383. The summed E-state index contributed by atoms with van der Waals surface area (Å²) < 4.78 is 0. The zero-order valence-corrected chi connectivity index (χ0v) is 17.7. The fraction of sp³-hybridized carbons (Fsp3) is 0. The second kappa shape index (κ2) is 51.7. The van der Waals surface area contributed by atoms with E-state index < -0.39 is 0 Å². The normalized spacial score (nSPS) is 0. The van der Waals surface area contributed by atoms with Crippen molar-refractivity contribution in [2.24, 2.45) is 0 Å². The van der Waals surface area contributed by atoms with Gasteiger partial charge in [-0.05, 0) is 0 Å². The van der Waals surface area contributed by atoms with Gasteiger partial charge >= 0.3 is 148 Å². The Balaban J connectivity index is 0. The van der Waals surface area contributed by atoms with E-state index in [1.807, 2.05) is 0 Å². The maximum atomic E-state index is 0. The predicted molar refractivity (Wildman–Crippen MR) is 15.2 cm³/mol. The molecule has 0 amide bonds. The van der Waals surface area contributed by atoms with Crippen LogP contribution in [0.5, 0.6) is 0 Å². The summed E-state index contributed by atoms with van der Waals surface area (Å²) >= 11 is 0. The molecule has 0 aliphatic heterocycles. The van der Waals surface area contributed by atoms with E-state index in [2.05, 4.69) is 0 Å². The van der Waals surface area contributed by atoms with Crippen molar-refractivity contribution in [1.29, 1.82) is 0 Å². The Kier molecular flexibility index (Phi) is 423. The molecule has 36 valence electrons. The van der Waals surface area contributed by atoms with Crippen LogP contribution in [0.2, 0.25) is 0 Å². The molecule has 0 heterocycles. The molecule has 0 aliphatic carbocycles. The monoisotopic (exact) mass is 268 g/mol. The van der Waals surface area contributed by atoms with Gasteiger partial charge in [0, 0.05) is 0 Å². The first-order valence-electron chi connectivity index (χ1n) is 0. The van der Waals surface area contributed by atoms with E-state index in [-0.39, 0.29) is 201 Å². The van der Waals surface area contributed by atoms with Crippen LogP contribution in [0.15, 0.2) is 0 Å². The molecular weight excluding hydrogens is 267 g/mol. The molecule has 0 radical (unpaired) electrons. The van der Waals surface area contributed by atoms with E-state index >= 15 is 0 Å². The van der Waals surface area contributed by atoms with Gasteiger partial charge in [0.2, 0.25) is 0 Å². The first-order chi connectivity index (χ1) is 0. The minimum atomic E-state index is 0. The van der Waals surface area contributed by atoms with Crippen LogP contribution in [0.1, 0.15) is 2.85 Å². The summed E-state index contributed by atoms with van der Waals surface area (Å²) in [6.45, 7) is 0. The van der Waals surface area contributed by atoms with E-state index in [0.717, 1.165) is 0 Å². The topological polar surface area (TPSA) is 0 Å². The zero-order chi connectivity index (χ0) is 0.